The maximum atomic E-state index is 11.6. The summed E-state index contributed by atoms with van der Waals surface area (Å²) in [7, 11) is 1.42. The van der Waals surface area contributed by atoms with Crippen LogP contribution in [0.15, 0.2) is 11.0 Å². The van der Waals surface area contributed by atoms with Crippen LogP contribution in [0, 0.1) is 13.8 Å². The summed E-state index contributed by atoms with van der Waals surface area (Å²) in [6, 6.07) is 1.79. The molecule has 20 heavy (non-hydrogen) atoms. The van der Waals surface area contributed by atoms with Crippen molar-refractivity contribution in [2.45, 2.75) is 32.1 Å². The lowest BCUT2D eigenvalue weighted by Gasteiger charge is -2.03. The highest BCUT2D eigenvalue weighted by Crippen LogP contribution is 2.30. The summed E-state index contributed by atoms with van der Waals surface area (Å²) >= 11 is 6.09. The fourth-order valence-corrected chi connectivity index (χ4v) is 3.72. The van der Waals surface area contributed by atoms with E-state index in [1.54, 1.807) is 26.8 Å². The smallest absolute Gasteiger partial charge is 0.216 e. The zero-order valence-corrected chi connectivity index (χ0v) is 13.4. The Bertz CT molecular complexity index is 751. The molecule has 0 atom stereocenters. The van der Waals surface area contributed by atoms with Crippen molar-refractivity contribution in [1.82, 2.24) is 19.7 Å². The number of aryl methyl sites for hydroxylation is 3. The molecule has 0 aliphatic heterocycles. The molecule has 0 spiro atoms. The maximum Gasteiger partial charge on any atom is 0.266 e. The van der Waals surface area contributed by atoms with E-state index in [-0.39, 0.29) is 21.7 Å². The van der Waals surface area contributed by atoms with Crippen molar-refractivity contribution in [2.24, 2.45) is 0 Å². The number of hydrogen-bond acceptors (Lipinski definition) is 5. The van der Waals surface area contributed by atoms with E-state index < -0.39 is 9.05 Å². The lowest BCUT2D eigenvalue weighted by molar-refractivity contribution is 0.608. The van der Waals surface area contributed by atoms with E-state index in [1.165, 1.54) is 4.68 Å². The van der Waals surface area contributed by atoms with Gasteiger partial charge in [-0.25, -0.2) is 18.4 Å². The summed E-state index contributed by atoms with van der Waals surface area (Å²) in [6.45, 7) is 5.36. The van der Waals surface area contributed by atoms with E-state index in [0.717, 1.165) is 11.4 Å². The van der Waals surface area contributed by atoms with Gasteiger partial charge in [0.15, 0.2) is 5.15 Å². The second kappa shape index (κ2) is 5.31. The van der Waals surface area contributed by atoms with E-state index in [9.17, 15) is 8.42 Å². The number of halogens is 2. The highest BCUT2D eigenvalue weighted by atomic mass is 35.7. The molecule has 2 aromatic rings. The Morgan fingerprint density at radius 3 is 2.20 bits per heavy atom. The fraction of sp³-hybridized carbons (Fsp3) is 0.364. The summed E-state index contributed by atoms with van der Waals surface area (Å²) in [5.74, 6) is 0.216. The van der Waals surface area contributed by atoms with Gasteiger partial charge in [-0.15, -0.1) is 0 Å². The second-order valence-electron chi connectivity index (χ2n) is 4.22. The van der Waals surface area contributed by atoms with Gasteiger partial charge in [0.1, 0.15) is 4.90 Å². The quantitative estimate of drug-likeness (QED) is 0.805. The Morgan fingerprint density at radius 2 is 1.80 bits per heavy atom. The van der Waals surface area contributed by atoms with Crippen LogP contribution >= 0.6 is 22.3 Å². The van der Waals surface area contributed by atoms with Gasteiger partial charge in [0.25, 0.3) is 15.0 Å². The SMILES string of the molecule is CCc1nn(-c2nc(C)cc(C)n2)c(Cl)c1S(=O)(=O)Cl. The standard InChI is InChI=1S/C11H12Cl2N4O2S/c1-4-8-9(20(13,18)19)10(12)17(16-8)11-14-6(2)5-7(3)15-11/h5H,4H2,1-3H3. The van der Waals surface area contributed by atoms with E-state index in [0.29, 0.717) is 6.42 Å². The molecule has 0 aliphatic rings. The van der Waals surface area contributed by atoms with Gasteiger partial charge in [-0.05, 0) is 26.3 Å². The molecule has 0 aliphatic carbocycles. The van der Waals surface area contributed by atoms with Crippen molar-refractivity contribution >= 4 is 31.3 Å². The molecule has 0 amide bonds. The number of nitrogens with zero attached hydrogens (tertiary/aromatic N) is 4. The van der Waals surface area contributed by atoms with Crippen molar-refractivity contribution < 1.29 is 8.42 Å². The average Bonchev–Trinajstić information content (AvgIpc) is 2.64. The molecular weight excluding hydrogens is 323 g/mol. The molecule has 0 fully saturated rings. The van der Waals surface area contributed by atoms with Crippen LogP contribution in [0.4, 0.5) is 0 Å². The van der Waals surface area contributed by atoms with Gasteiger partial charge >= 0.3 is 0 Å². The van der Waals surface area contributed by atoms with E-state index in [2.05, 4.69) is 15.1 Å². The van der Waals surface area contributed by atoms with Crippen LogP contribution in [-0.4, -0.2) is 28.2 Å². The van der Waals surface area contributed by atoms with Gasteiger partial charge < -0.3 is 0 Å². The summed E-state index contributed by atoms with van der Waals surface area (Å²) < 4.78 is 24.4. The molecule has 0 aromatic carbocycles. The first-order valence-electron chi connectivity index (χ1n) is 5.78. The molecule has 0 unspecified atom stereocenters. The Labute approximate surface area is 126 Å². The van der Waals surface area contributed by atoms with Crippen molar-refractivity contribution in [2.75, 3.05) is 0 Å². The fourth-order valence-electron chi connectivity index (χ4n) is 1.83. The first kappa shape index (κ1) is 15.2. The molecule has 2 rings (SSSR count). The van der Waals surface area contributed by atoms with Gasteiger partial charge in [-0.1, -0.05) is 18.5 Å². The largest absolute Gasteiger partial charge is 0.266 e. The molecule has 0 saturated heterocycles. The molecule has 0 bridgehead atoms. The van der Waals surface area contributed by atoms with E-state index in [4.69, 9.17) is 22.3 Å². The third-order valence-electron chi connectivity index (χ3n) is 2.59. The average molecular weight is 335 g/mol. The summed E-state index contributed by atoms with van der Waals surface area (Å²) in [6.07, 6.45) is 0.374. The van der Waals surface area contributed by atoms with Crippen molar-refractivity contribution in [3.8, 4) is 5.95 Å². The van der Waals surface area contributed by atoms with Crippen LogP contribution in [0.5, 0.6) is 0 Å². The topological polar surface area (TPSA) is 77.7 Å². The second-order valence-corrected chi connectivity index (χ2v) is 7.08. The van der Waals surface area contributed by atoms with Crippen molar-refractivity contribution in [3.63, 3.8) is 0 Å². The summed E-state index contributed by atoms with van der Waals surface area (Å²) in [4.78, 5) is 8.22. The molecule has 0 saturated carbocycles. The molecule has 2 aromatic heterocycles. The first-order valence-corrected chi connectivity index (χ1v) is 8.47. The third kappa shape index (κ3) is 2.79. The van der Waals surface area contributed by atoms with Gasteiger partial charge in [-0.2, -0.15) is 9.78 Å². The van der Waals surface area contributed by atoms with Crippen molar-refractivity contribution in [1.29, 1.82) is 0 Å². The Hall–Kier alpha value is -1.18. The van der Waals surface area contributed by atoms with Gasteiger partial charge in [-0.3, -0.25) is 0 Å². The zero-order valence-electron chi connectivity index (χ0n) is 11.1. The maximum absolute atomic E-state index is 11.6. The summed E-state index contributed by atoms with van der Waals surface area (Å²) in [5, 5.41) is 4.03. The highest BCUT2D eigenvalue weighted by Gasteiger charge is 2.27. The number of rotatable bonds is 3. The predicted molar refractivity (Wildman–Crippen MR) is 76.1 cm³/mol. The molecule has 2 heterocycles. The molecule has 9 heteroatoms. The molecule has 6 nitrogen and oxygen atoms in total. The Kier molecular flexibility index (Phi) is 4.04. The molecule has 108 valence electrons. The minimum atomic E-state index is -3.98. The third-order valence-corrected chi connectivity index (χ3v) is 4.44. The van der Waals surface area contributed by atoms with Crippen LogP contribution in [-0.2, 0) is 15.5 Å². The van der Waals surface area contributed by atoms with Gasteiger partial charge in [0, 0.05) is 22.1 Å². The van der Waals surface area contributed by atoms with Crippen LogP contribution in [0.25, 0.3) is 5.95 Å². The highest BCUT2D eigenvalue weighted by molar-refractivity contribution is 8.13. The lowest BCUT2D eigenvalue weighted by Crippen LogP contribution is -2.06. The van der Waals surface area contributed by atoms with Gasteiger partial charge in [0.2, 0.25) is 0 Å². The number of hydrogen-bond donors (Lipinski definition) is 0. The lowest BCUT2D eigenvalue weighted by atomic mass is 10.3. The monoisotopic (exact) mass is 334 g/mol. The normalized spacial score (nSPS) is 11.8. The molecule has 0 radical (unpaired) electrons. The Balaban J connectivity index is 2.73. The minimum Gasteiger partial charge on any atom is -0.216 e. The van der Waals surface area contributed by atoms with E-state index in [1.807, 2.05) is 0 Å². The molecule has 0 N–H and O–H groups in total. The van der Waals surface area contributed by atoms with Crippen LogP contribution in [0.3, 0.4) is 0 Å². The van der Waals surface area contributed by atoms with Crippen molar-refractivity contribution in [3.05, 3.63) is 28.3 Å². The van der Waals surface area contributed by atoms with Crippen LogP contribution in [0.2, 0.25) is 5.15 Å². The minimum absolute atomic E-state index is 0.109. The summed E-state index contributed by atoms with van der Waals surface area (Å²) in [5.41, 5.74) is 1.74. The first-order chi connectivity index (χ1) is 9.24. The van der Waals surface area contributed by atoms with Crippen LogP contribution in [0.1, 0.15) is 24.0 Å². The van der Waals surface area contributed by atoms with E-state index >= 15 is 0 Å². The predicted octanol–water partition coefficient (Wildman–Crippen LogP) is 2.42. The van der Waals surface area contributed by atoms with Gasteiger partial charge in [0.05, 0.1) is 5.69 Å². The van der Waals surface area contributed by atoms with Crippen LogP contribution < -0.4 is 0 Å². The Morgan fingerprint density at radius 1 is 1.25 bits per heavy atom. The zero-order chi connectivity index (χ0) is 15.1. The number of aromatic nitrogens is 4. The molecular formula is C11H12Cl2N4O2S.